The maximum Gasteiger partial charge on any atom is 0.218 e. The number of hydrogen-bond acceptors (Lipinski definition) is 9. The fraction of sp³-hybridized carbons (Fsp3) is 0.600. The van der Waals surface area contributed by atoms with Crippen LogP contribution in [0.2, 0.25) is 0 Å². The van der Waals surface area contributed by atoms with Crippen molar-refractivity contribution in [3.8, 4) is 5.88 Å². The van der Waals surface area contributed by atoms with Crippen molar-refractivity contribution in [2.45, 2.75) is 49.8 Å². The van der Waals surface area contributed by atoms with E-state index in [0.29, 0.717) is 30.7 Å². The van der Waals surface area contributed by atoms with Crippen LogP contribution in [-0.2, 0) is 16.0 Å². The minimum atomic E-state index is -0.644. The van der Waals surface area contributed by atoms with E-state index in [1.54, 1.807) is 7.11 Å². The van der Waals surface area contributed by atoms with Crippen LogP contribution in [0, 0.1) is 11.8 Å². The molecular formula is C30H41N7O3. The molecule has 0 aromatic carbocycles. The number of allylic oxidation sites excluding steroid dienone is 2. The van der Waals surface area contributed by atoms with Gasteiger partial charge in [-0.3, -0.25) is 14.9 Å². The molecule has 2 aromatic rings. The van der Waals surface area contributed by atoms with Crippen LogP contribution in [-0.4, -0.2) is 107 Å². The van der Waals surface area contributed by atoms with Gasteiger partial charge in [-0.05, 0) is 42.7 Å². The van der Waals surface area contributed by atoms with Crippen molar-refractivity contribution < 1.29 is 14.2 Å². The van der Waals surface area contributed by atoms with E-state index >= 15 is 0 Å². The molecule has 1 aliphatic carbocycles. The zero-order valence-corrected chi connectivity index (χ0v) is 23.5. The van der Waals surface area contributed by atoms with Gasteiger partial charge in [0, 0.05) is 94.3 Å². The van der Waals surface area contributed by atoms with Gasteiger partial charge >= 0.3 is 0 Å². The molecule has 5 aliphatic heterocycles. The Balaban J connectivity index is 1.00. The Bertz CT molecular complexity index is 1190. The molecule has 10 nitrogen and oxygen atoms in total. The van der Waals surface area contributed by atoms with E-state index in [0.717, 1.165) is 62.2 Å². The number of piperidine rings is 1. The molecule has 2 bridgehead atoms. The van der Waals surface area contributed by atoms with Gasteiger partial charge in [-0.25, -0.2) is 4.98 Å². The van der Waals surface area contributed by atoms with Gasteiger partial charge in [0.05, 0.1) is 26.0 Å². The van der Waals surface area contributed by atoms with E-state index in [1.165, 1.54) is 24.8 Å². The van der Waals surface area contributed by atoms with E-state index in [-0.39, 0.29) is 0 Å². The van der Waals surface area contributed by atoms with E-state index in [9.17, 15) is 0 Å². The first-order valence-electron chi connectivity index (χ1n) is 14.7. The fourth-order valence-corrected chi connectivity index (χ4v) is 7.55. The molecule has 0 spiro atoms. The Morgan fingerprint density at radius 2 is 1.85 bits per heavy atom. The molecule has 0 radical (unpaired) electrons. The molecule has 8 rings (SSSR count). The first-order chi connectivity index (χ1) is 19.6. The molecule has 2 N–H and O–H groups in total. The average molecular weight is 548 g/mol. The fourth-order valence-electron chi connectivity index (χ4n) is 7.55. The lowest BCUT2D eigenvalue weighted by atomic mass is 9.86. The summed E-state index contributed by atoms with van der Waals surface area (Å²) >= 11 is 0. The zero-order valence-electron chi connectivity index (χ0n) is 23.5. The molecular weight excluding hydrogens is 506 g/mol. The maximum atomic E-state index is 6.80. The molecule has 10 heteroatoms. The second-order valence-corrected chi connectivity index (χ2v) is 12.0. The van der Waals surface area contributed by atoms with Gasteiger partial charge in [-0.1, -0.05) is 12.1 Å². The number of aromatic amines is 1. The van der Waals surface area contributed by atoms with Crippen molar-refractivity contribution >= 4 is 5.57 Å². The number of pyridine rings is 1. The predicted octanol–water partition coefficient (Wildman–Crippen LogP) is 2.30. The summed E-state index contributed by atoms with van der Waals surface area (Å²) in [5.74, 6) is 1.56. The highest BCUT2D eigenvalue weighted by molar-refractivity contribution is 5.74. The van der Waals surface area contributed by atoms with Crippen LogP contribution in [0.1, 0.15) is 30.4 Å². The van der Waals surface area contributed by atoms with Crippen molar-refractivity contribution in [2.24, 2.45) is 11.8 Å². The van der Waals surface area contributed by atoms with Crippen LogP contribution in [0.3, 0.4) is 0 Å². The van der Waals surface area contributed by atoms with Gasteiger partial charge in [-0.15, -0.1) is 0 Å². The summed E-state index contributed by atoms with van der Waals surface area (Å²) in [6, 6.07) is 5.08. The largest absolute Gasteiger partial charge is 0.481 e. The minimum Gasteiger partial charge on any atom is -0.481 e. The second kappa shape index (κ2) is 10.9. The van der Waals surface area contributed by atoms with Crippen molar-refractivity contribution in [3.63, 3.8) is 0 Å². The number of likely N-dealkylation sites (tertiary alicyclic amines) is 1. The number of aromatic nitrogens is 3. The van der Waals surface area contributed by atoms with Gasteiger partial charge in [0.25, 0.3) is 0 Å². The topological polar surface area (TPSA) is 91.0 Å². The highest BCUT2D eigenvalue weighted by Gasteiger charge is 2.50. The second-order valence-electron chi connectivity index (χ2n) is 12.0. The molecule has 6 aliphatic rings. The number of methoxy groups -OCH3 is 2. The van der Waals surface area contributed by atoms with Crippen LogP contribution >= 0.6 is 0 Å². The lowest BCUT2D eigenvalue weighted by molar-refractivity contribution is -0.194. The predicted molar refractivity (Wildman–Crippen MR) is 151 cm³/mol. The summed E-state index contributed by atoms with van der Waals surface area (Å²) in [6.07, 6.45) is 16.3. The average Bonchev–Trinajstić information content (AvgIpc) is 3.74. The maximum absolute atomic E-state index is 6.80. The first kappa shape index (κ1) is 26.2. The Morgan fingerprint density at radius 1 is 1.02 bits per heavy atom. The van der Waals surface area contributed by atoms with Gasteiger partial charge in [0.15, 0.2) is 0 Å². The number of H-pyrrole nitrogens is 1. The van der Waals surface area contributed by atoms with Crippen LogP contribution in [0.15, 0.2) is 49.1 Å². The van der Waals surface area contributed by atoms with Gasteiger partial charge in [0.1, 0.15) is 0 Å². The molecule has 0 amide bonds. The number of piperazine rings is 1. The number of rotatable bonds is 10. The Kier molecular flexibility index (Phi) is 7.13. The molecule has 2 aromatic heterocycles. The summed E-state index contributed by atoms with van der Waals surface area (Å²) in [6.45, 7) is 6.81. The number of nitrogens with zero attached hydrogens (tertiary/aromatic N) is 5. The molecule has 5 atom stereocenters. The molecule has 5 fully saturated rings. The van der Waals surface area contributed by atoms with Gasteiger partial charge in [-0.2, -0.15) is 5.10 Å². The lowest BCUT2D eigenvalue weighted by Crippen LogP contribution is -2.74. The Hall–Kier alpha value is -2.76. The molecule has 40 heavy (non-hydrogen) atoms. The molecule has 214 valence electrons. The van der Waals surface area contributed by atoms with Crippen molar-refractivity contribution in [1.82, 2.24) is 35.2 Å². The highest BCUT2D eigenvalue weighted by Crippen LogP contribution is 2.40. The lowest BCUT2D eigenvalue weighted by Gasteiger charge is -2.60. The third kappa shape index (κ3) is 4.96. The number of ether oxygens (including phenoxy) is 3. The smallest absolute Gasteiger partial charge is 0.218 e. The Morgan fingerprint density at radius 3 is 2.48 bits per heavy atom. The summed E-state index contributed by atoms with van der Waals surface area (Å²) in [7, 11) is 3.51. The zero-order chi connectivity index (χ0) is 27.1. The third-order valence-corrected chi connectivity index (χ3v) is 9.79. The summed E-state index contributed by atoms with van der Waals surface area (Å²) in [5, 5.41) is 10.7. The molecule has 7 heterocycles. The first-order valence-corrected chi connectivity index (χ1v) is 14.7. The normalized spacial score (nSPS) is 33.9. The Labute approximate surface area is 236 Å². The van der Waals surface area contributed by atoms with Gasteiger partial charge < -0.3 is 24.4 Å². The monoisotopic (exact) mass is 547 g/mol. The summed E-state index contributed by atoms with van der Waals surface area (Å²) < 4.78 is 17.7. The number of hydrogen-bond donors (Lipinski definition) is 2. The van der Waals surface area contributed by atoms with Crippen LogP contribution in [0.4, 0.5) is 0 Å². The summed E-state index contributed by atoms with van der Waals surface area (Å²) in [4.78, 5) is 12.1. The van der Waals surface area contributed by atoms with E-state index in [2.05, 4.69) is 59.6 Å². The van der Waals surface area contributed by atoms with Crippen LogP contribution in [0.25, 0.3) is 5.57 Å². The van der Waals surface area contributed by atoms with Crippen LogP contribution < -0.4 is 10.1 Å². The summed E-state index contributed by atoms with van der Waals surface area (Å²) in [5.41, 5.74) is 3.39. The number of nitrogens with one attached hydrogen (secondary N) is 2. The van der Waals surface area contributed by atoms with E-state index in [1.807, 2.05) is 31.8 Å². The van der Waals surface area contributed by atoms with Crippen molar-refractivity contribution in [2.75, 3.05) is 53.6 Å². The quantitative estimate of drug-likeness (QED) is 0.465. The minimum absolute atomic E-state index is 0.454. The van der Waals surface area contributed by atoms with Crippen LogP contribution in [0.5, 0.6) is 5.88 Å². The molecule has 4 saturated heterocycles. The van der Waals surface area contributed by atoms with Crippen molar-refractivity contribution in [1.29, 1.82) is 0 Å². The van der Waals surface area contributed by atoms with E-state index < -0.39 is 5.85 Å². The van der Waals surface area contributed by atoms with Crippen molar-refractivity contribution in [3.05, 3.63) is 60.2 Å². The number of dihydropyridines is 1. The third-order valence-electron chi connectivity index (χ3n) is 9.79. The highest BCUT2D eigenvalue weighted by atomic mass is 16.5. The van der Waals surface area contributed by atoms with E-state index in [4.69, 9.17) is 14.2 Å². The van der Waals surface area contributed by atoms with Gasteiger partial charge in [0.2, 0.25) is 11.7 Å². The standard InChI is InChI=1S/C30H41N7O3/c1-38-28-9-23-17-35(18-24(23)10-28)7-8-40-30(6-5-22(13-32-30)25-14-33-34-15-25)36-19-26-11-27(20-36)37(26)16-21-3-4-29(39-2)31-12-21/h3-6,12-15,23-24,26-28,32H,7-11,16-20H2,1-2H3,(H,33,34). The molecule has 5 unspecified atom stereocenters. The number of fused-ring (bicyclic) bond motifs is 3. The molecule has 1 saturated carbocycles. The SMILES string of the molecule is COc1ccc(CN2C3CC2CN(C2(OCCN4CC5CC(OC)CC5C4)C=CC(c4cn[nH]c4)=CN2)C3)cn1.